The van der Waals surface area contributed by atoms with Crippen LogP contribution in [0.2, 0.25) is 0 Å². The Balaban J connectivity index is 2.17. The Bertz CT molecular complexity index is 690. The van der Waals surface area contributed by atoms with Crippen molar-refractivity contribution in [2.24, 2.45) is 0 Å². The molecule has 0 spiro atoms. The third kappa shape index (κ3) is 3.22. The number of thiophene rings is 1. The smallest absolute Gasteiger partial charge is 0.341 e. The van der Waals surface area contributed by atoms with Gasteiger partial charge in [-0.05, 0) is 25.5 Å². The largest absolute Gasteiger partial charge is 0.465 e. The number of amides is 1. The van der Waals surface area contributed by atoms with Crippen LogP contribution < -0.4 is 11.1 Å². The predicted octanol–water partition coefficient (Wildman–Crippen LogP) is 1.57. The van der Waals surface area contributed by atoms with Crippen LogP contribution in [0.5, 0.6) is 0 Å². The highest BCUT2D eigenvalue weighted by Gasteiger charge is 2.21. The minimum Gasteiger partial charge on any atom is -0.465 e. The number of carbonyl (C=O) groups is 2. The first-order valence-electron chi connectivity index (χ1n) is 6.19. The molecule has 0 bridgehead atoms. The first-order chi connectivity index (χ1) is 9.92. The Kier molecular flexibility index (Phi) is 4.27. The van der Waals surface area contributed by atoms with E-state index < -0.39 is 5.97 Å². The lowest BCUT2D eigenvalue weighted by Gasteiger charge is -2.06. The van der Waals surface area contributed by atoms with Crippen LogP contribution >= 0.6 is 11.3 Å². The number of nitrogen functional groups attached to an aromatic ring is 1. The molecule has 2 aromatic heterocycles. The molecule has 0 saturated heterocycles. The van der Waals surface area contributed by atoms with Crippen LogP contribution in [0, 0.1) is 13.8 Å². The molecule has 0 atom stereocenters. The van der Waals surface area contributed by atoms with Gasteiger partial charge in [0.2, 0.25) is 5.91 Å². The summed E-state index contributed by atoms with van der Waals surface area (Å²) in [6, 6.07) is 1.60. The zero-order chi connectivity index (χ0) is 15.6. The van der Waals surface area contributed by atoms with Gasteiger partial charge in [-0.2, -0.15) is 5.10 Å². The molecule has 21 heavy (non-hydrogen) atoms. The number of ether oxygens (including phenoxy) is 1. The van der Waals surface area contributed by atoms with Gasteiger partial charge in [0.1, 0.15) is 17.4 Å². The molecule has 0 aliphatic rings. The van der Waals surface area contributed by atoms with Crippen molar-refractivity contribution in [1.82, 2.24) is 9.78 Å². The number of hydrogen-bond acceptors (Lipinski definition) is 6. The van der Waals surface area contributed by atoms with E-state index in [9.17, 15) is 9.59 Å². The van der Waals surface area contributed by atoms with Crippen LogP contribution in [0.25, 0.3) is 0 Å². The highest BCUT2D eigenvalue weighted by atomic mass is 32.1. The number of nitrogens with two attached hydrogens (primary N) is 1. The lowest BCUT2D eigenvalue weighted by atomic mass is 10.1. The highest BCUT2D eigenvalue weighted by molar-refractivity contribution is 7.16. The average Bonchev–Trinajstić information content (AvgIpc) is 2.94. The van der Waals surface area contributed by atoms with Crippen molar-refractivity contribution in [3.8, 4) is 0 Å². The van der Waals surface area contributed by atoms with Gasteiger partial charge in [-0.25, -0.2) is 4.79 Å². The van der Waals surface area contributed by atoms with Gasteiger partial charge in [-0.15, -0.1) is 11.3 Å². The summed E-state index contributed by atoms with van der Waals surface area (Å²) in [5.41, 5.74) is 6.70. The second-order valence-electron chi connectivity index (χ2n) is 4.47. The molecule has 0 aromatic carbocycles. The fourth-order valence-electron chi connectivity index (χ4n) is 1.84. The monoisotopic (exact) mass is 308 g/mol. The van der Waals surface area contributed by atoms with E-state index in [0.29, 0.717) is 16.4 Å². The van der Waals surface area contributed by atoms with E-state index in [1.54, 1.807) is 12.3 Å². The SMILES string of the molecule is COC(=O)c1c(NC(=O)Cn2ccc(N)n2)sc(C)c1C. The van der Waals surface area contributed by atoms with Crippen LogP contribution in [0.1, 0.15) is 20.8 Å². The summed E-state index contributed by atoms with van der Waals surface area (Å²) in [5.74, 6) is -0.402. The summed E-state index contributed by atoms with van der Waals surface area (Å²) in [7, 11) is 1.31. The van der Waals surface area contributed by atoms with E-state index in [0.717, 1.165) is 10.4 Å². The first kappa shape index (κ1) is 15.0. The Hall–Kier alpha value is -2.35. The van der Waals surface area contributed by atoms with E-state index >= 15 is 0 Å². The van der Waals surface area contributed by atoms with Gasteiger partial charge in [0.15, 0.2) is 0 Å². The summed E-state index contributed by atoms with van der Waals surface area (Å²) in [4.78, 5) is 24.8. The number of carbonyl (C=O) groups excluding carboxylic acids is 2. The van der Waals surface area contributed by atoms with Crippen molar-refractivity contribution >= 4 is 34.0 Å². The van der Waals surface area contributed by atoms with Crippen LogP contribution in [-0.4, -0.2) is 28.8 Å². The molecule has 0 radical (unpaired) electrons. The number of aryl methyl sites for hydroxylation is 1. The van der Waals surface area contributed by atoms with Crippen LogP contribution in [0.15, 0.2) is 12.3 Å². The topological polar surface area (TPSA) is 99.2 Å². The normalized spacial score (nSPS) is 10.4. The molecule has 0 saturated carbocycles. The van der Waals surface area contributed by atoms with Gasteiger partial charge in [-0.1, -0.05) is 0 Å². The third-order valence-electron chi connectivity index (χ3n) is 2.99. The number of hydrogen-bond donors (Lipinski definition) is 2. The van der Waals surface area contributed by atoms with Gasteiger partial charge in [0.25, 0.3) is 0 Å². The number of methoxy groups -OCH3 is 1. The lowest BCUT2D eigenvalue weighted by molar-refractivity contribution is -0.116. The Morgan fingerprint density at radius 2 is 2.19 bits per heavy atom. The molecule has 7 nitrogen and oxygen atoms in total. The molecular weight excluding hydrogens is 292 g/mol. The summed E-state index contributed by atoms with van der Waals surface area (Å²) in [5, 5.41) is 7.14. The maximum atomic E-state index is 12.0. The van der Waals surface area contributed by atoms with E-state index in [1.807, 2.05) is 13.8 Å². The molecular formula is C13H16N4O3S. The van der Waals surface area contributed by atoms with Gasteiger partial charge in [0, 0.05) is 11.1 Å². The number of nitrogens with one attached hydrogen (secondary N) is 1. The molecule has 2 heterocycles. The van der Waals surface area contributed by atoms with Crippen molar-refractivity contribution in [3.63, 3.8) is 0 Å². The fraction of sp³-hybridized carbons (Fsp3) is 0.308. The Morgan fingerprint density at radius 3 is 2.76 bits per heavy atom. The minimum atomic E-state index is -0.463. The molecule has 3 N–H and O–H groups in total. The maximum absolute atomic E-state index is 12.0. The van der Waals surface area contributed by atoms with Gasteiger partial charge in [-0.3, -0.25) is 9.48 Å². The lowest BCUT2D eigenvalue weighted by Crippen LogP contribution is -2.20. The molecule has 0 fully saturated rings. The Morgan fingerprint density at radius 1 is 1.48 bits per heavy atom. The second-order valence-corrected chi connectivity index (χ2v) is 5.69. The standard InChI is InChI=1S/C13H16N4O3S/c1-7-8(2)21-12(11(7)13(19)20-3)15-10(18)6-17-5-4-9(14)16-17/h4-5H,6H2,1-3H3,(H2,14,16)(H,15,18). The molecule has 112 valence electrons. The van der Waals surface area contributed by atoms with Crippen LogP contribution in [0.4, 0.5) is 10.8 Å². The maximum Gasteiger partial charge on any atom is 0.341 e. The van der Waals surface area contributed by atoms with Crippen LogP contribution in [-0.2, 0) is 16.1 Å². The van der Waals surface area contributed by atoms with Crippen molar-refractivity contribution < 1.29 is 14.3 Å². The predicted molar refractivity (Wildman–Crippen MR) is 80.4 cm³/mol. The molecule has 8 heteroatoms. The summed E-state index contributed by atoms with van der Waals surface area (Å²) < 4.78 is 6.18. The highest BCUT2D eigenvalue weighted by Crippen LogP contribution is 2.32. The number of aromatic nitrogens is 2. The number of nitrogens with zero attached hydrogens (tertiary/aromatic N) is 2. The summed E-state index contributed by atoms with van der Waals surface area (Å²) in [6.07, 6.45) is 1.61. The molecule has 2 rings (SSSR count). The average molecular weight is 308 g/mol. The van der Waals surface area contributed by atoms with E-state index in [-0.39, 0.29) is 12.5 Å². The van der Waals surface area contributed by atoms with Gasteiger partial charge in [0.05, 0.1) is 12.7 Å². The van der Waals surface area contributed by atoms with Crippen molar-refractivity contribution in [3.05, 3.63) is 28.3 Å². The third-order valence-corrected chi connectivity index (χ3v) is 4.12. The van der Waals surface area contributed by atoms with Gasteiger partial charge >= 0.3 is 5.97 Å². The van der Waals surface area contributed by atoms with E-state index in [4.69, 9.17) is 10.5 Å². The summed E-state index contributed by atoms with van der Waals surface area (Å²) >= 11 is 1.34. The van der Waals surface area contributed by atoms with Crippen molar-refractivity contribution in [1.29, 1.82) is 0 Å². The van der Waals surface area contributed by atoms with Crippen LogP contribution in [0.3, 0.4) is 0 Å². The molecule has 0 aliphatic carbocycles. The fourth-order valence-corrected chi connectivity index (χ4v) is 2.91. The molecule has 2 aromatic rings. The Labute approximate surface area is 125 Å². The zero-order valence-electron chi connectivity index (χ0n) is 12.0. The molecule has 1 amide bonds. The minimum absolute atomic E-state index is 0.0216. The molecule has 0 unspecified atom stereocenters. The summed E-state index contributed by atoms with van der Waals surface area (Å²) in [6.45, 7) is 3.73. The quantitative estimate of drug-likeness (QED) is 0.835. The number of rotatable bonds is 4. The second kappa shape index (κ2) is 5.96. The first-order valence-corrected chi connectivity index (χ1v) is 7.01. The zero-order valence-corrected chi connectivity index (χ0v) is 12.8. The van der Waals surface area contributed by atoms with E-state index in [2.05, 4.69) is 10.4 Å². The van der Waals surface area contributed by atoms with E-state index in [1.165, 1.54) is 23.1 Å². The number of anilines is 2. The van der Waals surface area contributed by atoms with Crippen molar-refractivity contribution in [2.45, 2.75) is 20.4 Å². The van der Waals surface area contributed by atoms with Gasteiger partial charge < -0.3 is 15.8 Å². The van der Waals surface area contributed by atoms with Crippen molar-refractivity contribution in [2.75, 3.05) is 18.2 Å². The molecule has 0 aliphatic heterocycles. The number of esters is 1.